The molecule has 2 heterocycles. The van der Waals surface area contributed by atoms with Gasteiger partial charge in [-0.2, -0.15) is 0 Å². The maximum Gasteiger partial charge on any atom is 0.244 e. The number of hydrogen-bond acceptors (Lipinski definition) is 6. The molecule has 1 N–H and O–H groups in total. The minimum Gasteiger partial charge on any atom is -0.497 e. The van der Waals surface area contributed by atoms with Gasteiger partial charge in [-0.1, -0.05) is 6.07 Å². The van der Waals surface area contributed by atoms with Gasteiger partial charge in [0, 0.05) is 31.4 Å². The minimum atomic E-state index is -3.73. The summed E-state index contributed by atoms with van der Waals surface area (Å²) in [5.41, 5.74) is 0. The lowest BCUT2D eigenvalue weighted by Gasteiger charge is -2.18. The molecule has 1 aliphatic heterocycles. The number of nitrogens with zero attached hydrogens (tertiary/aromatic N) is 2. The van der Waals surface area contributed by atoms with E-state index in [1.54, 1.807) is 18.3 Å². The minimum absolute atomic E-state index is 0.0747. The van der Waals surface area contributed by atoms with E-state index in [4.69, 9.17) is 9.47 Å². The quantitative estimate of drug-likeness (QED) is 0.841. The number of aromatic nitrogens is 1. The third-order valence-electron chi connectivity index (χ3n) is 4.14. The number of anilines is 1. The molecule has 1 fully saturated rings. The largest absolute Gasteiger partial charge is 0.497 e. The molecule has 3 rings (SSSR count). The van der Waals surface area contributed by atoms with Gasteiger partial charge in [0.15, 0.2) is 0 Å². The van der Waals surface area contributed by atoms with Gasteiger partial charge in [-0.25, -0.2) is 18.1 Å². The highest BCUT2D eigenvalue weighted by molar-refractivity contribution is 7.89. The molecule has 25 heavy (non-hydrogen) atoms. The summed E-state index contributed by atoms with van der Waals surface area (Å²) in [5, 5.41) is 0. The van der Waals surface area contributed by atoms with Gasteiger partial charge in [0.25, 0.3) is 0 Å². The van der Waals surface area contributed by atoms with E-state index >= 15 is 0 Å². The van der Waals surface area contributed by atoms with Gasteiger partial charge < -0.3 is 14.4 Å². The van der Waals surface area contributed by atoms with Gasteiger partial charge in [-0.3, -0.25) is 0 Å². The lowest BCUT2D eigenvalue weighted by atomic mass is 10.3. The molecule has 0 saturated carbocycles. The number of benzene rings is 1. The van der Waals surface area contributed by atoms with Crippen LogP contribution in [0.4, 0.5) is 5.82 Å². The van der Waals surface area contributed by atoms with Crippen molar-refractivity contribution in [2.24, 2.45) is 0 Å². The molecule has 0 amide bonds. The molecule has 1 saturated heterocycles. The standard InChI is InChI=1S/C17H21N3O4S/c1-23-14-6-7-15(24-2)16(11-14)25(21,22)19-13-8-10-20(12-13)17-5-3-4-9-18-17/h3-7,9,11,13,19H,8,10,12H2,1-2H3. The summed E-state index contributed by atoms with van der Waals surface area (Å²) in [6.07, 6.45) is 2.44. The first-order valence-electron chi connectivity index (χ1n) is 7.94. The van der Waals surface area contributed by atoms with Crippen LogP contribution in [0.25, 0.3) is 0 Å². The Morgan fingerprint density at radius 1 is 1.20 bits per heavy atom. The number of nitrogens with one attached hydrogen (secondary N) is 1. The van der Waals surface area contributed by atoms with Crippen molar-refractivity contribution in [1.82, 2.24) is 9.71 Å². The van der Waals surface area contributed by atoms with Crippen molar-refractivity contribution in [3.05, 3.63) is 42.6 Å². The normalized spacial score (nSPS) is 17.5. The Balaban J connectivity index is 1.76. The summed E-state index contributed by atoms with van der Waals surface area (Å²) < 4.78 is 38.7. The van der Waals surface area contributed by atoms with Crippen LogP contribution < -0.4 is 19.1 Å². The van der Waals surface area contributed by atoms with Crippen LogP contribution >= 0.6 is 0 Å². The third kappa shape index (κ3) is 3.85. The fourth-order valence-corrected chi connectivity index (χ4v) is 4.33. The van der Waals surface area contributed by atoms with Crippen molar-refractivity contribution < 1.29 is 17.9 Å². The summed E-state index contributed by atoms with van der Waals surface area (Å²) >= 11 is 0. The van der Waals surface area contributed by atoms with Crippen LogP contribution in [0.2, 0.25) is 0 Å². The van der Waals surface area contributed by atoms with Crippen LogP contribution in [0.5, 0.6) is 11.5 Å². The first-order chi connectivity index (χ1) is 12.0. The zero-order valence-corrected chi connectivity index (χ0v) is 15.0. The second kappa shape index (κ2) is 7.28. The Labute approximate surface area is 147 Å². The highest BCUT2D eigenvalue weighted by Crippen LogP contribution is 2.29. The summed E-state index contributed by atoms with van der Waals surface area (Å²) in [7, 11) is -0.790. The first kappa shape index (κ1) is 17.5. The predicted octanol–water partition coefficient (Wildman–Crippen LogP) is 1.66. The molecule has 1 unspecified atom stereocenters. The third-order valence-corrected chi connectivity index (χ3v) is 5.69. The molecule has 7 nitrogen and oxygen atoms in total. The van der Waals surface area contributed by atoms with Crippen LogP contribution in [-0.4, -0.2) is 46.8 Å². The number of methoxy groups -OCH3 is 2. The molecule has 134 valence electrons. The van der Waals surface area contributed by atoms with E-state index in [1.807, 2.05) is 18.2 Å². The van der Waals surface area contributed by atoms with Gasteiger partial charge in [-0.15, -0.1) is 0 Å². The average Bonchev–Trinajstić information content (AvgIpc) is 3.09. The molecule has 1 aliphatic rings. The molecular formula is C17H21N3O4S. The van der Waals surface area contributed by atoms with Gasteiger partial charge in [-0.05, 0) is 30.7 Å². The number of pyridine rings is 1. The maximum atomic E-state index is 12.8. The van der Waals surface area contributed by atoms with Crippen molar-refractivity contribution in [3.63, 3.8) is 0 Å². The number of hydrogen-bond donors (Lipinski definition) is 1. The van der Waals surface area contributed by atoms with Gasteiger partial charge in [0.05, 0.1) is 14.2 Å². The Hall–Kier alpha value is -2.32. The van der Waals surface area contributed by atoms with Crippen LogP contribution in [0.1, 0.15) is 6.42 Å². The summed E-state index contributed by atoms with van der Waals surface area (Å²) in [6.45, 7) is 1.32. The van der Waals surface area contributed by atoms with Gasteiger partial charge >= 0.3 is 0 Å². The van der Waals surface area contributed by atoms with E-state index in [0.29, 0.717) is 18.7 Å². The topological polar surface area (TPSA) is 80.8 Å². The molecule has 0 spiro atoms. The van der Waals surface area contributed by atoms with Gasteiger partial charge in [0.1, 0.15) is 22.2 Å². The lowest BCUT2D eigenvalue weighted by Crippen LogP contribution is -2.37. The summed E-state index contributed by atoms with van der Waals surface area (Å²) in [6, 6.07) is 10.2. The second-order valence-corrected chi connectivity index (χ2v) is 7.44. The molecule has 0 bridgehead atoms. The van der Waals surface area contributed by atoms with Crippen molar-refractivity contribution in [2.45, 2.75) is 17.4 Å². The van der Waals surface area contributed by atoms with Crippen molar-refractivity contribution in [1.29, 1.82) is 0 Å². The Bertz CT molecular complexity index is 827. The zero-order chi connectivity index (χ0) is 17.9. The summed E-state index contributed by atoms with van der Waals surface area (Å²) in [4.78, 5) is 6.45. The van der Waals surface area contributed by atoms with E-state index in [9.17, 15) is 8.42 Å². The fourth-order valence-electron chi connectivity index (χ4n) is 2.88. The smallest absolute Gasteiger partial charge is 0.244 e. The first-order valence-corrected chi connectivity index (χ1v) is 9.42. The molecule has 1 aromatic heterocycles. The molecule has 1 atom stereocenters. The van der Waals surface area contributed by atoms with Crippen LogP contribution in [0.3, 0.4) is 0 Å². The zero-order valence-electron chi connectivity index (χ0n) is 14.2. The lowest BCUT2D eigenvalue weighted by molar-refractivity contribution is 0.391. The molecule has 1 aromatic carbocycles. The van der Waals surface area contributed by atoms with Crippen molar-refractivity contribution in [3.8, 4) is 11.5 Å². The molecule has 2 aromatic rings. The molecule has 8 heteroatoms. The Kier molecular flexibility index (Phi) is 5.10. The Morgan fingerprint density at radius 3 is 2.72 bits per heavy atom. The van der Waals surface area contributed by atoms with Crippen LogP contribution in [-0.2, 0) is 10.0 Å². The van der Waals surface area contributed by atoms with E-state index in [0.717, 1.165) is 12.4 Å². The number of sulfonamides is 1. The van der Waals surface area contributed by atoms with E-state index in [1.165, 1.54) is 20.3 Å². The average molecular weight is 363 g/mol. The van der Waals surface area contributed by atoms with Crippen molar-refractivity contribution >= 4 is 15.8 Å². The highest BCUT2D eigenvalue weighted by Gasteiger charge is 2.29. The second-order valence-electron chi connectivity index (χ2n) is 5.76. The van der Waals surface area contributed by atoms with Crippen LogP contribution in [0, 0.1) is 0 Å². The van der Waals surface area contributed by atoms with Crippen LogP contribution in [0.15, 0.2) is 47.5 Å². The van der Waals surface area contributed by atoms with Gasteiger partial charge in [0.2, 0.25) is 10.0 Å². The maximum absolute atomic E-state index is 12.8. The van der Waals surface area contributed by atoms with E-state index < -0.39 is 10.0 Å². The fraction of sp³-hybridized carbons (Fsp3) is 0.353. The predicted molar refractivity (Wildman–Crippen MR) is 94.7 cm³/mol. The van der Waals surface area contributed by atoms with E-state index in [-0.39, 0.29) is 16.7 Å². The molecule has 0 radical (unpaired) electrons. The van der Waals surface area contributed by atoms with Crippen molar-refractivity contribution in [2.75, 3.05) is 32.2 Å². The number of rotatable bonds is 6. The molecule has 0 aliphatic carbocycles. The molecular weight excluding hydrogens is 342 g/mol. The number of ether oxygens (including phenoxy) is 2. The monoisotopic (exact) mass is 363 g/mol. The highest BCUT2D eigenvalue weighted by atomic mass is 32.2. The van der Waals surface area contributed by atoms with E-state index in [2.05, 4.69) is 14.6 Å². The summed E-state index contributed by atoms with van der Waals surface area (Å²) in [5.74, 6) is 1.60. The Morgan fingerprint density at radius 2 is 2.04 bits per heavy atom. The SMILES string of the molecule is COc1ccc(OC)c(S(=O)(=O)NC2CCN(c3ccccn3)C2)c1.